The number of aliphatic carboxylic acids is 2. The van der Waals surface area contributed by atoms with Crippen molar-refractivity contribution in [1.29, 1.82) is 0 Å². The highest BCUT2D eigenvalue weighted by molar-refractivity contribution is 5.93. The molecule has 0 saturated heterocycles. The van der Waals surface area contributed by atoms with Crippen LogP contribution >= 0.6 is 0 Å². The second-order valence-corrected chi connectivity index (χ2v) is 5.82. The molecule has 0 heterocycles. The molecule has 0 spiro atoms. The van der Waals surface area contributed by atoms with Gasteiger partial charge >= 0.3 is 23.9 Å². The third kappa shape index (κ3) is 20.8. The first-order valence-corrected chi connectivity index (χ1v) is 9.63. The van der Waals surface area contributed by atoms with Crippen LogP contribution in [0.1, 0.15) is 31.7 Å². The molecule has 0 radical (unpaired) electrons. The van der Waals surface area contributed by atoms with Crippen molar-refractivity contribution >= 4 is 30.0 Å². The van der Waals surface area contributed by atoms with E-state index in [1.165, 1.54) is 5.56 Å². The first-order valence-electron chi connectivity index (χ1n) is 9.63. The summed E-state index contributed by atoms with van der Waals surface area (Å²) in [5.41, 5.74) is 1.22. The fraction of sp³-hybridized carbons (Fsp3) is 0.250. The number of hydrogen-bond donors (Lipinski definition) is 2. The van der Waals surface area contributed by atoms with E-state index in [2.05, 4.69) is 24.5 Å². The van der Waals surface area contributed by atoms with Gasteiger partial charge in [0.25, 0.3) is 0 Å². The predicted molar refractivity (Wildman–Crippen MR) is 122 cm³/mol. The van der Waals surface area contributed by atoms with Gasteiger partial charge in [-0.2, -0.15) is 0 Å². The standard InChI is InChI=1S/C10H14O4.C8H8.C6H8O4/c1-3-4-7-14-10(13)8(2)5-6-9(11)12;1-2-8-6-4-3-5-7-8;1-2-6(9)10-4-3-5(7)8/h5-6H,2-4,7H2,1H3,(H,11,12);2-7H,1H2;2H,1,3-4H2,(H,7,8). The van der Waals surface area contributed by atoms with E-state index in [0.29, 0.717) is 6.61 Å². The van der Waals surface area contributed by atoms with E-state index in [1.807, 2.05) is 43.3 Å². The first kappa shape index (κ1) is 30.3. The number of carbonyl (C=O) groups excluding carboxylic acids is 2. The van der Waals surface area contributed by atoms with E-state index in [4.69, 9.17) is 14.9 Å². The maximum atomic E-state index is 11.1. The average molecular weight is 446 g/mol. The quantitative estimate of drug-likeness (QED) is 0.226. The van der Waals surface area contributed by atoms with Crippen molar-refractivity contribution in [2.75, 3.05) is 13.2 Å². The van der Waals surface area contributed by atoms with Gasteiger partial charge in [-0.1, -0.05) is 69.5 Å². The normalized spacial score (nSPS) is 9.16. The Labute approximate surface area is 188 Å². The van der Waals surface area contributed by atoms with Gasteiger partial charge in [0.2, 0.25) is 0 Å². The van der Waals surface area contributed by atoms with E-state index >= 15 is 0 Å². The Kier molecular flexibility index (Phi) is 19.2. The van der Waals surface area contributed by atoms with Crippen LogP contribution in [0.25, 0.3) is 6.08 Å². The number of rotatable bonds is 11. The molecule has 0 aromatic heterocycles. The van der Waals surface area contributed by atoms with Gasteiger partial charge in [0.05, 0.1) is 18.6 Å². The largest absolute Gasteiger partial charge is 0.481 e. The number of carboxylic acid groups (broad SMARTS) is 2. The highest BCUT2D eigenvalue weighted by Gasteiger charge is 2.04. The van der Waals surface area contributed by atoms with Crippen LogP contribution < -0.4 is 0 Å². The summed E-state index contributed by atoms with van der Waals surface area (Å²) in [5.74, 6) is -3.28. The van der Waals surface area contributed by atoms with E-state index in [1.54, 1.807) is 0 Å². The van der Waals surface area contributed by atoms with Gasteiger partial charge in [-0.3, -0.25) is 4.79 Å². The molecule has 0 saturated carbocycles. The van der Waals surface area contributed by atoms with Crippen LogP contribution in [0.5, 0.6) is 0 Å². The minimum absolute atomic E-state index is 0.0449. The van der Waals surface area contributed by atoms with E-state index in [-0.39, 0.29) is 18.6 Å². The summed E-state index contributed by atoms with van der Waals surface area (Å²) in [4.78, 5) is 41.3. The first-order chi connectivity index (χ1) is 15.2. The Morgan fingerprint density at radius 1 is 0.969 bits per heavy atom. The summed E-state index contributed by atoms with van der Waals surface area (Å²) in [6, 6.07) is 10.0. The Bertz CT molecular complexity index is 778. The molecule has 0 aliphatic rings. The molecular formula is C24H30O8. The van der Waals surface area contributed by atoms with Crippen LogP contribution in [0.15, 0.2) is 73.9 Å². The predicted octanol–water partition coefficient (Wildman–Crippen LogP) is 4.05. The highest BCUT2D eigenvalue weighted by Crippen LogP contribution is 1.99. The van der Waals surface area contributed by atoms with Crippen LogP contribution in [0.3, 0.4) is 0 Å². The molecule has 8 nitrogen and oxygen atoms in total. The molecule has 0 fully saturated rings. The third-order valence-corrected chi connectivity index (χ3v) is 3.18. The number of hydrogen-bond acceptors (Lipinski definition) is 6. The Morgan fingerprint density at radius 2 is 1.59 bits per heavy atom. The molecular weight excluding hydrogens is 416 g/mol. The van der Waals surface area contributed by atoms with Crippen molar-refractivity contribution < 1.29 is 38.9 Å². The second-order valence-electron chi connectivity index (χ2n) is 5.82. The molecule has 0 amide bonds. The minimum Gasteiger partial charge on any atom is -0.481 e. The molecule has 1 aromatic rings. The number of esters is 2. The number of benzene rings is 1. The SMILES string of the molecule is C=C(C=CC(=O)O)C(=O)OCCCC.C=CC(=O)OCCC(=O)O.C=Cc1ccccc1. The average Bonchev–Trinajstić information content (AvgIpc) is 2.78. The summed E-state index contributed by atoms with van der Waals surface area (Å²) < 4.78 is 9.16. The zero-order chi connectivity index (χ0) is 24.8. The number of carboxylic acids is 2. The van der Waals surface area contributed by atoms with Crippen LogP contribution in [-0.4, -0.2) is 47.3 Å². The fourth-order valence-electron chi connectivity index (χ4n) is 1.53. The molecule has 2 N–H and O–H groups in total. The maximum absolute atomic E-state index is 11.1. The zero-order valence-electron chi connectivity index (χ0n) is 18.2. The Morgan fingerprint density at radius 3 is 2.03 bits per heavy atom. The minimum atomic E-state index is -1.12. The maximum Gasteiger partial charge on any atom is 0.337 e. The van der Waals surface area contributed by atoms with Crippen molar-refractivity contribution in [2.24, 2.45) is 0 Å². The van der Waals surface area contributed by atoms with Crippen LogP contribution in [0.2, 0.25) is 0 Å². The van der Waals surface area contributed by atoms with Crippen molar-refractivity contribution in [1.82, 2.24) is 0 Å². The van der Waals surface area contributed by atoms with Crippen LogP contribution in [-0.2, 0) is 28.7 Å². The van der Waals surface area contributed by atoms with E-state index in [9.17, 15) is 19.2 Å². The Hall–Kier alpha value is -3.94. The molecule has 0 atom stereocenters. The lowest BCUT2D eigenvalue weighted by Gasteiger charge is -2.02. The van der Waals surface area contributed by atoms with Gasteiger partial charge in [-0.25, -0.2) is 14.4 Å². The molecule has 0 aliphatic heterocycles. The van der Waals surface area contributed by atoms with Gasteiger partial charge < -0.3 is 19.7 Å². The van der Waals surface area contributed by atoms with Gasteiger partial charge in [0, 0.05) is 12.2 Å². The lowest BCUT2D eigenvalue weighted by atomic mass is 10.2. The lowest BCUT2D eigenvalue weighted by Crippen LogP contribution is -2.07. The second kappa shape index (κ2) is 20.3. The van der Waals surface area contributed by atoms with Gasteiger partial charge in [-0.15, -0.1) is 0 Å². The van der Waals surface area contributed by atoms with Crippen LogP contribution in [0.4, 0.5) is 0 Å². The molecule has 8 heteroatoms. The van der Waals surface area contributed by atoms with Crippen LogP contribution in [0, 0.1) is 0 Å². The third-order valence-electron chi connectivity index (χ3n) is 3.18. The molecule has 174 valence electrons. The summed E-state index contributed by atoms with van der Waals surface area (Å²) >= 11 is 0. The zero-order valence-corrected chi connectivity index (χ0v) is 18.2. The molecule has 1 rings (SSSR count). The molecule has 32 heavy (non-hydrogen) atoms. The molecule has 1 aromatic carbocycles. The van der Waals surface area contributed by atoms with Gasteiger partial charge in [-0.05, 0) is 18.1 Å². The molecule has 0 unspecified atom stereocenters. The van der Waals surface area contributed by atoms with E-state index in [0.717, 1.165) is 31.1 Å². The number of ether oxygens (including phenoxy) is 2. The number of carbonyl (C=O) groups is 4. The molecule has 0 bridgehead atoms. The van der Waals surface area contributed by atoms with Crippen molar-refractivity contribution in [3.8, 4) is 0 Å². The summed E-state index contributed by atoms with van der Waals surface area (Å²) in [6.45, 7) is 12.4. The fourth-order valence-corrected chi connectivity index (χ4v) is 1.53. The van der Waals surface area contributed by atoms with E-state index < -0.39 is 23.9 Å². The summed E-state index contributed by atoms with van der Waals surface area (Å²) in [5, 5.41) is 16.4. The summed E-state index contributed by atoms with van der Waals surface area (Å²) in [6.07, 6.45) is 6.36. The van der Waals surface area contributed by atoms with Crippen molar-refractivity contribution in [2.45, 2.75) is 26.2 Å². The monoisotopic (exact) mass is 446 g/mol. The number of unbranched alkanes of at least 4 members (excludes halogenated alkanes) is 1. The smallest absolute Gasteiger partial charge is 0.337 e. The van der Waals surface area contributed by atoms with Crippen molar-refractivity contribution in [3.05, 3.63) is 79.4 Å². The molecule has 0 aliphatic carbocycles. The van der Waals surface area contributed by atoms with Gasteiger partial charge in [0.15, 0.2) is 0 Å². The summed E-state index contributed by atoms with van der Waals surface area (Å²) in [7, 11) is 0. The van der Waals surface area contributed by atoms with Gasteiger partial charge in [0.1, 0.15) is 6.61 Å². The highest BCUT2D eigenvalue weighted by atomic mass is 16.5. The van der Waals surface area contributed by atoms with Crippen molar-refractivity contribution in [3.63, 3.8) is 0 Å². The Balaban J connectivity index is 0. The lowest BCUT2D eigenvalue weighted by molar-refractivity contribution is -0.143. The topological polar surface area (TPSA) is 127 Å².